The van der Waals surface area contributed by atoms with Crippen LogP contribution in [-0.2, 0) is 14.3 Å². The maximum absolute atomic E-state index is 12.7. The highest BCUT2D eigenvalue weighted by Crippen LogP contribution is 2.30. The molecule has 2 N–H and O–H groups in total. The fourth-order valence-corrected chi connectivity index (χ4v) is 3.72. The second kappa shape index (κ2) is 10.0. The number of anilines is 2. The molecule has 176 valence electrons. The van der Waals surface area contributed by atoms with Crippen LogP contribution in [0.4, 0.5) is 11.4 Å². The van der Waals surface area contributed by atoms with Crippen molar-refractivity contribution in [2.24, 2.45) is 0 Å². The molecule has 1 aliphatic heterocycles. The van der Waals surface area contributed by atoms with E-state index < -0.39 is 24.4 Å². The molecule has 3 aromatic rings. The van der Waals surface area contributed by atoms with Crippen molar-refractivity contribution in [3.8, 4) is 0 Å². The molecule has 0 unspecified atom stereocenters. The van der Waals surface area contributed by atoms with Gasteiger partial charge < -0.3 is 15.4 Å². The van der Waals surface area contributed by atoms with Crippen LogP contribution in [0, 0.1) is 6.92 Å². The molecule has 1 aliphatic rings. The number of hydrogen-bond acceptors (Lipinski definition) is 5. The van der Waals surface area contributed by atoms with Crippen molar-refractivity contribution in [2.75, 3.05) is 23.8 Å². The number of aryl methyl sites for hydroxylation is 1. The van der Waals surface area contributed by atoms with E-state index in [1.807, 2.05) is 25.1 Å². The minimum Gasteiger partial charge on any atom is -0.454 e. The van der Waals surface area contributed by atoms with E-state index in [9.17, 15) is 19.2 Å². The normalized spacial score (nSPS) is 12.2. The van der Waals surface area contributed by atoms with Gasteiger partial charge in [-0.2, -0.15) is 0 Å². The summed E-state index contributed by atoms with van der Waals surface area (Å²) in [6.07, 6.45) is 0. The number of esters is 1. The third kappa shape index (κ3) is 5.27. The zero-order valence-corrected chi connectivity index (χ0v) is 19.0. The third-order valence-corrected chi connectivity index (χ3v) is 5.41. The maximum atomic E-state index is 12.7. The predicted molar refractivity (Wildman–Crippen MR) is 132 cm³/mol. The molecular weight excluding hydrogens is 446 g/mol. The Bertz CT molecular complexity index is 1310. The van der Waals surface area contributed by atoms with E-state index in [-0.39, 0.29) is 23.7 Å². The van der Waals surface area contributed by atoms with Gasteiger partial charge in [0.15, 0.2) is 6.61 Å². The number of nitrogens with zero attached hydrogens (tertiary/aromatic N) is 1. The molecule has 8 heteroatoms. The van der Waals surface area contributed by atoms with Crippen molar-refractivity contribution in [3.63, 3.8) is 0 Å². The molecular formula is C27H23N3O5. The van der Waals surface area contributed by atoms with Gasteiger partial charge >= 0.3 is 5.97 Å². The summed E-state index contributed by atoms with van der Waals surface area (Å²) in [5.41, 5.74) is 3.68. The first-order chi connectivity index (χ1) is 16.8. The quantitative estimate of drug-likeness (QED) is 0.512. The molecule has 0 bridgehead atoms. The summed E-state index contributed by atoms with van der Waals surface area (Å²) in [5.74, 6) is -2.12. The monoisotopic (exact) mass is 469 g/mol. The summed E-state index contributed by atoms with van der Waals surface area (Å²) in [6.45, 7) is 4.85. The van der Waals surface area contributed by atoms with E-state index in [0.717, 1.165) is 5.56 Å². The van der Waals surface area contributed by atoms with Crippen LogP contribution >= 0.6 is 0 Å². The van der Waals surface area contributed by atoms with E-state index in [1.54, 1.807) is 54.6 Å². The molecule has 35 heavy (non-hydrogen) atoms. The number of nitrogens with one attached hydrogen (secondary N) is 2. The number of fused-ring (bicyclic) bond motifs is 1. The summed E-state index contributed by atoms with van der Waals surface area (Å²) < 4.78 is 5.06. The number of carbonyl (C=O) groups excluding carboxylic acids is 4. The predicted octanol–water partition coefficient (Wildman–Crippen LogP) is 3.86. The number of para-hydroxylation sites is 1. The standard InChI is InChI=1S/C27H23N3O5/c1-17-8-7-9-19(14-17)28-26(33)22-12-5-6-13-23(22)29-24(31)16-35-25(32)15-30-18(2)20-10-3-4-11-21(20)27(30)34/h3-14H,2,15-16H2,1H3,(H,28,33)(H,29,31). The van der Waals surface area contributed by atoms with Crippen LogP contribution in [0.2, 0.25) is 0 Å². The van der Waals surface area contributed by atoms with Crippen molar-refractivity contribution in [3.05, 3.63) is 102 Å². The van der Waals surface area contributed by atoms with Crippen LogP contribution in [0.3, 0.4) is 0 Å². The highest BCUT2D eigenvalue weighted by atomic mass is 16.5. The Morgan fingerprint density at radius 3 is 2.37 bits per heavy atom. The molecule has 0 saturated heterocycles. The first-order valence-electron chi connectivity index (χ1n) is 10.9. The molecule has 0 saturated carbocycles. The Labute approximate surface area is 202 Å². The lowest BCUT2D eigenvalue weighted by molar-refractivity contribution is -0.147. The van der Waals surface area contributed by atoms with Gasteiger partial charge in [-0.25, -0.2) is 0 Å². The highest BCUT2D eigenvalue weighted by molar-refractivity contribution is 6.11. The van der Waals surface area contributed by atoms with Gasteiger partial charge in [-0.1, -0.05) is 49.0 Å². The highest BCUT2D eigenvalue weighted by Gasteiger charge is 2.32. The summed E-state index contributed by atoms with van der Waals surface area (Å²) in [4.78, 5) is 51.2. The summed E-state index contributed by atoms with van der Waals surface area (Å²) in [7, 11) is 0. The molecule has 0 fully saturated rings. The van der Waals surface area contributed by atoms with Crippen LogP contribution in [0.15, 0.2) is 79.4 Å². The zero-order chi connectivity index (χ0) is 24.9. The van der Waals surface area contributed by atoms with E-state index in [2.05, 4.69) is 17.2 Å². The van der Waals surface area contributed by atoms with Gasteiger partial charge in [-0.3, -0.25) is 24.1 Å². The Hall–Kier alpha value is -4.72. The van der Waals surface area contributed by atoms with Crippen molar-refractivity contribution >= 4 is 40.8 Å². The molecule has 0 spiro atoms. The van der Waals surface area contributed by atoms with Gasteiger partial charge in [0, 0.05) is 22.5 Å². The molecule has 0 aromatic heterocycles. The zero-order valence-electron chi connectivity index (χ0n) is 19.0. The molecule has 4 rings (SSSR count). The molecule has 8 nitrogen and oxygen atoms in total. The Morgan fingerprint density at radius 2 is 1.63 bits per heavy atom. The van der Waals surface area contributed by atoms with Crippen molar-refractivity contribution < 1.29 is 23.9 Å². The second-order valence-electron chi connectivity index (χ2n) is 7.96. The van der Waals surface area contributed by atoms with Crippen LogP contribution < -0.4 is 10.6 Å². The van der Waals surface area contributed by atoms with Gasteiger partial charge in [0.25, 0.3) is 17.7 Å². The van der Waals surface area contributed by atoms with Gasteiger partial charge in [0.2, 0.25) is 0 Å². The number of carbonyl (C=O) groups is 4. The van der Waals surface area contributed by atoms with Gasteiger partial charge in [-0.15, -0.1) is 0 Å². The number of rotatable bonds is 7. The minimum atomic E-state index is -0.757. The molecule has 3 aromatic carbocycles. The smallest absolute Gasteiger partial charge is 0.326 e. The third-order valence-electron chi connectivity index (χ3n) is 5.41. The topological polar surface area (TPSA) is 105 Å². The maximum Gasteiger partial charge on any atom is 0.326 e. The van der Waals surface area contributed by atoms with E-state index in [1.165, 1.54) is 4.90 Å². The SMILES string of the molecule is C=C1c2ccccc2C(=O)N1CC(=O)OCC(=O)Nc1ccccc1C(=O)Nc1cccc(C)c1. The lowest BCUT2D eigenvalue weighted by atomic mass is 10.1. The van der Waals surface area contributed by atoms with E-state index in [0.29, 0.717) is 22.5 Å². The van der Waals surface area contributed by atoms with E-state index >= 15 is 0 Å². The number of hydrogen-bond donors (Lipinski definition) is 2. The summed E-state index contributed by atoms with van der Waals surface area (Å²) in [5, 5.41) is 5.39. The average Bonchev–Trinajstić information content (AvgIpc) is 3.08. The molecule has 1 heterocycles. The molecule has 0 atom stereocenters. The number of amides is 3. The minimum absolute atomic E-state index is 0.255. The number of benzene rings is 3. The molecule has 0 aliphatic carbocycles. The summed E-state index contributed by atoms with van der Waals surface area (Å²) in [6, 6.07) is 20.8. The van der Waals surface area contributed by atoms with Crippen LogP contribution in [0.5, 0.6) is 0 Å². The lowest BCUT2D eigenvalue weighted by Gasteiger charge is -2.16. The van der Waals surface area contributed by atoms with Crippen LogP contribution in [0.25, 0.3) is 5.70 Å². The fraction of sp³-hybridized carbons (Fsp3) is 0.111. The van der Waals surface area contributed by atoms with Gasteiger partial charge in [0.1, 0.15) is 6.54 Å². The lowest BCUT2D eigenvalue weighted by Crippen LogP contribution is -2.32. The van der Waals surface area contributed by atoms with Gasteiger partial charge in [0.05, 0.1) is 11.3 Å². The second-order valence-corrected chi connectivity index (χ2v) is 7.96. The molecule has 0 radical (unpaired) electrons. The Kier molecular flexibility index (Phi) is 6.73. The van der Waals surface area contributed by atoms with Crippen molar-refractivity contribution in [1.82, 2.24) is 4.90 Å². The first kappa shape index (κ1) is 23.4. The molecule has 3 amide bonds. The largest absolute Gasteiger partial charge is 0.454 e. The van der Waals surface area contributed by atoms with Gasteiger partial charge in [-0.05, 0) is 42.8 Å². The Morgan fingerprint density at radius 1 is 0.914 bits per heavy atom. The van der Waals surface area contributed by atoms with Crippen LogP contribution in [-0.4, -0.2) is 41.7 Å². The number of ether oxygens (including phenoxy) is 1. The summed E-state index contributed by atoms with van der Waals surface area (Å²) >= 11 is 0. The van der Waals surface area contributed by atoms with Crippen molar-refractivity contribution in [2.45, 2.75) is 6.92 Å². The van der Waals surface area contributed by atoms with Crippen LogP contribution in [0.1, 0.15) is 31.8 Å². The average molecular weight is 469 g/mol. The Balaban J connectivity index is 1.33. The fourth-order valence-electron chi connectivity index (χ4n) is 3.72. The van der Waals surface area contributed by atoms with Crippen molar-refractivity contribution in [1.29, 1.82) is 0 Å². The first-order valence-corrected chi connectivity index (χ1v) is 10.9. The van der Waals surface area contributed by atoms with E-state index in [4.69, 9.17) is 4.74 Å².